The van der Waals surface area contributed by atoms with Gasteiger partial charge in [-0.15, -0.1) is 0 Å². The smallest absolute Gasteiger partial charge is 0.309 e. The second-order valence-corrected chi connectivity index (χ2v) is 12.5. The first-order chi connectivity index (χ1) is 14.9. The first kappa shape index (κ1) is 22.2. The maximum atomic E-state index is 12.8. The number of esters is 1. The third-order valence-electron chi connectivity index (χ3n) is 11.1. The molecule has 0 radical (unpaired) electrons. The number of ether oxygens (including phenoxy) is 1. The summed E-state index contributed by atoms with van der Waals surface area (Å²) >= 11 is 0. The number of carbonyl (C=O) groups excluding carboxylic acids is 1. The number of nitrogens with one attached hydrogen (secondary N) is 1. The lowest BCUT2D eigenvalue weighted by Gasteiger charge is -2.63. The topological polar surface area (TPSA) is 58.6 Å². The fourth-order valence-corrected chi connectivity index (χ4v) is 9.68. The lowest BCUT2D eigenvalue weighted by atomic mass is 9.43. The van der Waals surface area contributed by atoms with Gasteiger partial charge in [0.25, 0.3) is 0 Å². The largest absolute Gasteiger partial charge is 0.469 e. The number of fused-ring (bicyclic) bond motifs is 5. The van der Waals surface area contributed by atoms with Crippen LogP contribution in [0.3, 0.4) is 0 Å². The average molecular weight is 432 g/mol. The van der Waals surface area contributed by atoms with Gasteiger partial charge in [0.2, 0.25) is 0 Å². The van der Waals surface area contributed by atoms with Crippen molar-refractivity contribution >= 4 is 5.97 Å². The fourth-order valence-electron chi connectivity index (χ4n) is 9.68. The normalized spacial score (nSPS) is 50.3. The lowest BCUT2D eigenvalue weighted by Crippen LogP contribution is -2.63. The molecule has 4 unspecified atom stereocenters. The Morgan fingerprint density at radius 1 is 0.968 bits per heavy atom. The highest BCUT2D eigenvalue weighted by Crippen LogP contribution is 2.67. The summed E-state index contributed by atoms with van der Waals surface area (Å²) in [6.45, 7) is 5.00. The van der Waals surface area contributed by atoms with Crippen LogP contribution in [0.15, 0.2) is 0 Å². The quantitative estimate of drug-likeness (QED) is 0.612. The minimum Gasteiger partial charge on any atom is -0.469 e. The van der Waals surface area contributed by atoms with E-state index in [1.165, 1.54) is 57.8 Å². The molecule has 0 aromatic rings. The molecule has 0 bridgehead atoms. The van der Waals surface area contributed by atoms with E-state index in [0.29, 0.717) is 41.2 Å². The van der Waals surface area contributed by atoms with Crippen molar-refractivity contribution in [3.05, 3.63) is 0 Å². The van der Waals surface area contributed by atoms with Crippen LogP contribution in [-0.2, 0) is 9.53 Å². The van der Waals surface area contributed by atoms with E-state index < -0.39 is 0 Å². The van der Waals surface area contributed by atoms with Crippen molar-refractivity contribution in [3.8, 4) is 0 Å². The molecule has 9 atom stereocenters. The van der Waals surface area contributed by atoms with Crippen molar-refractivity contribution in [2.45, 2.75) is 116 Å². The molecule has 5 aliphatic rings. The summed E-state index contributed by atoms with van der Waals surface area (Å²) < 4.78 is 5.30. The summed E-state index contributed by atoms with van der Waals surface area (Å²) in [5.74, 6) is 2.81. The second kappa shape index (κ2) is 8.31. The van der Waals surface area contributed by atoms with Crippen LogP contribution in [0.4, 0.5) is 0 Å². The highest BCUT2D eigenvalue weighted by molar-refractivity contribution is 5.74. The van der Waals surface area contributed by atoms with E-state index in [1.54, 1.807) is 7.11 Å². The highest BCUT2D eigenvalue weighted by Gasteiger charge is 2.64. The Morgan fingerprint density at radius 2 is 1.74 bits per heavy atom. The molecular formula is C27H45NO3. The van der Waals surface area contributed by atoms with Gasteiger partial charge in [0, 0.05) is 12.1 Å². The Bertz CT molecular complexity index is 675. The molecule has 0 amide bonds. The molecule has 5 saturated carbocycles. The third kappa shape index (κ3) is 3.59. The molecule has 5 aliphatic carbocycles. The van der Waals surface area contributed by atoms with E-state index in [1.807, 2.05) is 0 Å². The molecule has 31 heavy (non-hydrogen) atoms. The minimum absolute atomic E-state index is 0.0283. The molecule has 0 saturated heterocycles. The van der Waals surface area contributed by atoms with Gasteiger partial charge < -0.3 is 15.2 Å². The summed E-state index contributed by atoms with van der Waals surface area (Å²) in [4.78, 5) is 12.8. The fraction of sp³-hybridized carbons (Fsp3) is 0.963. The van der Waals surface area contributed by atoms with Gasteiger partial charge in [-0.1, -0.05) is 33.1 Å². The molecule has 176 valence electrons. The maximum absolute atomic E-state index is 12.8. The van der Waals surface area contributed by atoms with E-state index in [9.17, 15) is 9.90 Å². The van der Waals surface area contributed by atoms with Crippen LogP contribution in [-0.4, -0.2) is 36.4 Å². The number of hydrogen-bond acceptors (Lipinski definition) is 4. The highest BCUT2D eigenvalue weighted by atomic mass is 16.5. The van der Waals surface area contributed by atoms with Crippen LogP contribution in [0, 0.1) is 40.4 Å². The predicted octanol–water partition coefficient (Wildman–Crippen LogP) is 5.08. The van der Waals surface area contributed by atoms with Crippen LogP contribution in [0.25, 0.3) is 0 Å². The molecule has 4 nitrogen and oxygen atoms in total. The van der Waals surface area contributed by atoms with Gasteiger partial charge in [-0.2, -0.15) is 0 Å². The molecule has 0 heterocycles. The van der Waals surface area contributed by atoms with E-state index in [-0.39, 0.29) is 23.4 Å². The van der Waals surface area contributed by atoms with Crippen molar-refractivity contribution < 1.29 is 14.6 Å². The number of carbonyl (C=O) groups is 1. The van der Waals surface area contributed by atoms with Crippen LogP contribution in [0.1, 0.15) is 97.3 Å². The van der Waals surface area contributed by atoms with E-state index in [2.05, 4.69) is 19.2 Å². The first-order valence-electron chi connectivity index (χ1n) is 13.4. The van der Waals surface area contributed by atoms with Gasteiger partial charge in [-0.05, 0) is 98.7 Å². The number of aliphatic hydroxyl groups excluding tert-OH is 1. The Kier molecular flexibility index (Phi) is 5.95. The van der Waals surface area contributed by atoms with Gasteiger partial charge in [-0.3, -0.25) is 4.79 Å². The zero-order valence-electron chi connectivity index (χ0n) is 20.1. The zero-order chi connectivity index (χ0) is 21.8. The van der Waals surface area contributed by atoms with Crippen molar-refractivity contribution in [1.29, 1.82) is 0 Å². The molecular weight excluding hydrogens is 386 g/mol. The summed E-state index contributed by atoms with van der Waals surface area (Å²) in [7, 11) is 1.57. The van der Waals surface area contributed by atoms with Gasteiger partial charge in [0.05, 0.1) is 19.1 Å². The molecule has 2 N–H and O–H groups in total. The van der Waals surface area contributed by atoms with E-state index in [0.717, 1.165) is 25.7 Å². The molecule has 5 fully saturated rings. The summed E-state index contributed by atoms with van der Waals surface area (Å²) in [6.07, 6.45) is 15.7. The second-order valence-electron chi connectivity index (χ2n) is 12.5. The summed E-state index contributed by atoms with van der Waals surface area (Å²) in [5.41, 5.74) is 0.400. The summed E-state index contributed by atoms with van der Waals surface area (Å²) in [6, 6.07) is 1.15. The Hall–Kier alpha value is -0.610. The molecule has 5 rings (SSSR count). The molecule has 0 spiro atoms. The molecule has 0 aromatic heterocycles. The monoisotopic (exact) mass is 431 g/mol. The molecule has 0 aliphatic heterocycles. The van der Waals surface area contributed by atoms with Crippen LogP contribution < -0.4 is 5.32 Å². The minimum atomic E-state index is -0.0941. The van der Waals surface area contributed by atoms with Crippen LogP contribution >= 0.6 is 0 Å². The third-order valence-corrected chi connectivity index (χ3v) is 11.1. The molecule has 0 aromatic carbocycles. The Morgan fingerprint density at radius 3 is 2.48 bits per heavy atom. The predicted molar refractivity (Wildman–Crippen MR) is 122 cm³/mol. The number of methoxy groups -OCH3 is 1. The average Bonchev–Trinajstić information content (AvgIpc) is 3.11. The zero-order valence-corrected chi connectivity index (χ0v) is 20.1. The number of hydrogen-bond donors (Lipinski definition) is 2. The maximum Gasteiger partial charge on any atom is 0.309 e. The first-order valence-corrected chi connectivity index (χ1v) is 13.4. The van der Waals surface area contributed by atoms with Gasteiger partial charge in [0.1, 0.15) is 0 Å². The van der Waals surface area contributed by atoms with Crippen molar-refractivity contribution in [2.75, 3.05) is 7.11 Å². The standard InChI is InChI=1S/C27H45NO3/c1-26-14-13-19(29)15-17(26)9-10-20-21-11-12-22(25(30)31-3)27(21,2)16-23(24(20)26)28-18-7-5-4-6-8-18/h17-24,28-29H,4-16H2,1-3H3/t17?,19?,20-,21-,22?,23?,24-,26-,27-/m0/s1. The van der Waals surface area contributed by atoms with Crippen molar-refractivity contribution in [3.63, 3.8) is 0 Å². The van der Waals surface area contributed by atoms with Gasteiger partial charge in [-0.25, -0.2) is 0 Å². The Labute approximate surface area is 189 Å². The van der Waals surface area contributed by atoms with Crippen LogP contribution in [0.2, 0.25) is 0 Å². The van der Waals surface area contributed by atoms with Gasteiger partial charge in [0.15, 0.2) is 0 Å². The SMILES string of the molecule is COC(=O)C1CC[C@H]2[C@@H]3CCC4CC(O)CC[C@]4(C)[C@@H]3C(NC3CCCCC3)C[C@]12C. The van der Waals surface area contributed by atoms with E-state index >= 15 is 0 Å². The van der Waals surface area contributed by atoms with Crippen molar-refractivity contribution in [1.82, 2.24) is 5.32 Å². The van der Waals surface area contributed by atoms with Gasteiger partial charge >= 0.3 is 5.97 Å². The Balaban J connectivity index is 1.48. The number of aliphatic hydroxyl groups is 1. The van der Waals surface area contributed by atoms with E-state index in [4.69, 9.17) is 4.74 Å². The molecule has 4 heteroatoms. The van der Waals surface area contributed by atoms with Crippen LogP contribution in [0.5, 0.6) is 0 Å². The van der Waals surface area contributed by atoms with Crippen molar-refractivity contribution in [2.24, 2.45) is 40.4 Å². The lowest BCUT2D eigenvalue weighted by molar-refractivity contribution is -0.162. The number of rotatable bonds is 3. The summed E-state index contributed by atoms with van der Waals surface area (Å²) in [5, 5.41) is 14.7.